The van der Waals surface area contributed by atoms with E-state index in [1.807, 2.05) is 6.92 Å². The standard InChI is InChI=1S/C14H20FNO2/c1-10(16)5-3-7-12(17)9-11-6-4-8-13(18-2)14(11)15/h4,6,8,10H,3,5,7,9,16H2,1-2H3. The second kappa shape index (κ2) is 7.11. The zero-order chi connectivity index (χ0) is 13.5. The Balaban J connectivity index is 2.54. The number of rotatable bonds is 7. The van der Waals surface area contributed by atoms with Crippen molar-refractivity contribution in [1.82, 2.24) is 0 Å². The predicted molar refractivity (Wildman–Crippen MR) is 69.2 cm³/mol. The van der Waals surface area contributed by atoms with Gasteiger partial charge < -0.3 is 10.5 Å². The molecule has 0 aromatic heterocycles. The van der Waals surface area contributed by atoms with Crippen molar-refractivity contribution in [2.24, 2.45) is 5.73 Å². The highest BCUT2D eigenvalue weighted by Crippen LogP contribution is 2.20. The molecule has 1 unspecified atom stereocenters. The number of nitrogens with two attached hydrogens (primary N) is 1. The fraction of sp³-hybridized carbons (Fsp3) is 0.500. The van der Waals surface area contributed by atoms with Gasteiger partial charge in [0.1, 0.15) is 5.78 Å². The molecule has 0 spiro atoms. The van der Waals surface area contributed by atoms with Gasteiger partial charge in [0.15, 0.2) is 11.6 Å². The van der Waals surface area contributed by atoms with Gasteiger partial charge in [0.25, 0.3) is 0 Å². The van der Waals surface area contributed by atoms with Crippen LogP contribution in [0.3, 0.4) is 0 Å². The Hall–Kier alpha value is -1.42. The molecule has 0 radical (unpaired) electrons. The van der Waals surface area contributed by atoms with Crippen LogP contribution in [0.5, 0.6) is 5.75 Å². The first-order valence-electron chi connectivity index (χ1n) is 6.13. The van der Waals surface area contributed by atoms with Gasteiger partial charge in [-0.05, 0) is 31.4 Å². The summed E-state index contributed by atoms with van der Waals surface area (Å²) in [6.07, 6.45) is 2.12. The lowest BCUT2D eigenvalue weighted by Crippen LogP contribution is -2.15. The van der Waals surface area contributed by atoms with Crippen molar-refractivity contribution in [2.75, 3.05) is 7.11 Å². The van der Waals surface area contributed by atoms with E-state index in [1.54, 1.807) is 18.2 Å². The summed E-state index contributed by atoms with van der Waals surface area (Å²) < 4.78 is 18.7. The molecule has 0 aliphatic heterocycles. The van der Waals surface area contributed by atoms with Gasteiger partial charge in [0.2, 0.25) is 0 Å². The number of methoxy groups -OCH3 is 1. The quantitative estimate of drug-likeness (QED) is 0.812. The molecule has 1 atom stereocenters. The molecule has 0 saturated heterocycles. The first kappa shape index (κ1) is 14.6. The van der Waals surface area contributed by atoms with Crippen LogP contribution in [-0.4, -0.2) is 18.9 Å². The summed E-state index contributed by atoms with van der Waals surface area (Å²) in [5.41, 5.74) is 5.99. The molecule has 0 amide bonds. The third-order valence-electron chi connectivity index (χ3n) is 2.77. The fourth-order valence-electron chi connectivity index (χ4n) is 1.77. The maximum absolute atomic E-state index is 13.8. The molecule has 1 aromatic carbocycles. The second-order valence-corrected chi connectivity index (χ2v) is 4.52. The normalized spacial score (nSPS) is 12.2. The summed E-state index contributed by atoms with van der Waals surface area (Å²) in [4.78, 5) is 11.7. The van der Waals surface area contributed by atoms with Crippen molar-refractivity contribution in [3.8, 4) is 5.75 Å². The van der Waals surface area contributed by atoms with Crippen LogP contribution in [0.25, 0.3) is 0 Å². The Morgan fingerprint density at radius 3 is 2.83 bits per heavy atom. The summed E-state index contributed by atoms with van der Waals surface area (Å²) in [5, 5.41) is 0. The van der Waals surface area contributed by atoms with Gasteiger partial charge in [-0.1, -0.05) is 12.1 Å². The van der Waals surface area contributed by atoms with E-state index in [0.29, 0.717) is 12.0 Å². The molecule has 100 valence electrons. The van der Waals surface area contributed by atoms with Crippen molar-refractivity contribution < 1.29 is 13.9 Å². The van der Waals surface area contributed by atoms with Crippen LogP contribution in [0.2, 0.25) is 0 Å². The minimum absolute atomic E-state index is 0.0304. The van der Waals surface area contributed by atoms with E-state index in [-0.39, 0.29) is 24.0 Å². The first-order chi connectivity index (χ1) is 8.54. The highest BCUT2D eigenvalue weighted by molar-refractivity contribution is 5.81. The molecular formula is C14H20FNO2. The van der Waals surface area contributed by atoms with E-state index in [1.165, 1.54) is 7.11 Å². The maximum atomic E-state index is 13.8. The Labute approximate surface area is 107 Å². The summed E-state index contributed by atoms with van der Waals surface area (Å²) in [6, 6.07) is 4.94. The molecule has 0 bridgehead atoms. The summed E-state index contributed by atoms with van der Waals surface area (Å²) in [6.45, 7) is 1.91. The average Bonchev–Trinajstić information content (AvgIpc) is 2.31. The van der Waals surface area contributed by atoms with Crippen molar-refractivity contribution in [3.63, 3.8) is 0 Å². The number of ether oxygens (including phenoxy) is 1. The summed E-state index contributed by atoms with van der Waals surface area (Å²) >= 11 is 0. The fourth-order valence-corrected chi connectivity index (χ4v) is 1.77. The lowest BCUT2D eigenvalue weighted by Gasteiger charge is -2.07. The number of benzene rings is 1. The Bertz CT molecular complexity index is 405. The van der Waals surface area contributed by atoms with Crippen LogP contribution in [0.4, 0.5) is 4.39 Å². The molecular weight excluding hydrogens is 233 g/mol. The van der Waals surface area contributed by atoms with Gasteiger partial charge in [-0.15, -0.1) is 0 Å². The molecule has 3 nitrogen and oxygen atoms in total. The minimum atomic E-state index is -0.444. The minimum Gasteiger partial charge on any atom is -0.494 e. The molecule has 2 N–H and O–H groups in total. The van der Waals surface area contributed by atoms with Gasteiger partial charge in [0, 0.05) is 18.9 Å². The van der Waals surface area contributed by atoms with Crippen LogP contribution >= 0.6 is 0 Å². The Kier molecular flexibility index (Phi) is 5.78. The van der Waals surface area contributed by atoms with Gasteiger partial charge in [0.05, 0.1) is 7.11 Å². The second-order valence-electron chi connectivity index (χ2n) is 4.52. The molecule has 0 aliphatic rings. The number of hydrogen-bond acceptors (Lipinski definition) is 3. The first-order valence-corrected chi connectivity index (χ1v) is 6.13. The van der Waals surface area contributed by atoms with Gasteiger partial charge in [-0.25, -0.2) is 4.39 Å². The number of halogens is 1. The molecule has 0 fully saturated rings. The number of carbonyl (C=O) groups is 1. The summed E-state index contributed by atoms with van der Waals surface area (Å²) in [5.74, 6) is -0.237. The van der Waals surface area contributed by atoms with E-state index in [9.17, 15) is 9.18 Å². The predicted octanol–water partition coefficient (Wildman–Crippen LogP) is 2.46. The lowest BCUT2D eigenvalue weighted by molar-refractivity contribution is -0.118. The molecule has 1 rings (SSSR count). The van der Waals surface area contributed by atoms with Crippen LogP contribution in [0.1, 0.15) is 31.7 Å². The number of hydrogen-bond donors (Lipinski definition) is 1. The highest BCUT2D eigenvalue weighted by atomic mass is 19.1. The molecule has 1 aromatic rings. The third kappa shape index (κ3) is 4.45. The number of ketones is 1. The van der Waals surface area contributed by atoms with Crippen LogP contribution in [0.15, 0.2) is 18.2 Å². The van der Waals surface area contributed by atoms with Crippen LogP contribution < -0.4 is 10.5 Å². The van der Waals surface area contributed by atoms with Crippen LogP contribution in [0, 0.1) is 5.82 Å². The molecule has 0 aliphatic carbocycles. The van der Waals surface area contributed by atoms with Crippen molar-refractivity contribution in [1.29, 1.82) is 0 Å². The Morgan fingerprint density at radius 1 is 1.50 bits per heavy atom. The Morgan fingerprint density at radius 2 is 2.22 bits per heavy atom. The topological polar surface area (TPSA) is 52.3 Å². The van der Waals surface area contributed by atoms with Gasteiger partial charge in [-0.2, -0.15) is 0 Å². The lowest BCUT2D eigenvalue weighted by atomic mass is 10.0. The van der Waals surface area contributed by atoms with E-state index < -0.39 is 5.82 Å². The smallest absolute Gasteiger partial charge is 0.168 e. The molecule has 0 saturated carbocycles. The number of Topliss-reactive ketones (excluding diaryl/α,β-unsaturated/α-hetero) is 1. The largest absolute Gasteiger partial charge is 0.494 e. The van der Waals surface area contributed by atoms with Crippen molar-refractivity contribution in [2.45, 2.75) is 38.6 Å². The average molecular weight is 253 g/mol. The number of carbonyl (C=O) groups excluding carboxylic acids is 1. The molecule has 0 heterocycles. The third-order valence-corrected chi connectivity index (χ3v) is 2.77. The monoisotopic (exact) mass is 253 g/mol. The maximum Gasteiger partial charge on any atom is 0.168 e. The highest BCUT2D eigenvalue weighted by Gasteiger charge is 2.12. The van der Waals surface area contributed by atoms with Gasteiger partial charge in [-0.3, -0.25) is 4.79 Å². The summed E-state index contributed by atoms with van der Waals surface area (Å²) in [7, 11) is 1.41. The zero-order valence-corrected chi connectivity index (χ0v) is 10.9. The van der Waals surface area contributed by atoms with Crippen molar-refractivity contribution >= 4 is 5.78 Å². The molecule has 4 heteroatoms. The van der Waals surface area contributed by atoms with E-state index in [4.69, 9.17) is 10.5 Å². The van der Waals surface area contributed by atoms with Crippen molar-refractivity contribution in [3.05, 3.63) is 29.6 Å². The van der Waals surface area contributed by atoms with E-state index in [2.05, 4.69) is 0 Å². The molecule has 18 heavy (non-hydrogen) atoms. The van der Waals surface area contributed by atoms with E-state index >= 15 is 0 Å². The zero-order valence-electron chi connectivity index (χ0n) is 10.9. The van der Waals surface area contributed by atoms with Gasteiger partial charge >= 0.3 is 0 Å². The van der Waals surface area contributed by atoms with E-state index in [0.717, 1.165) is 12.8 Å². The SMILES string of the molecule is COc1cccc(CC(=O)CCCC(C)N)c1F. The van der Waals surface area contributed by atoms with Crippen LogP contribution in [-0.2, 0) is 11.2 Å².